The fraction of sp³-hybridized carbons (Fsp3) is 0.167. The highest BCUT2D eigenvalue weighted by Gasteiger charge is 2.33. The highest BCUT2D eigenvalue weighted by Crippen LogP contribution is 2.32. The van der Waals surface area contributed by atoms with Crippen molar-refractivity contribution in [1.29, 1.82) is 0 Å². The number of halogens is 2. The maximum atomic E-state index is 6.14. The van der Waals surface area contributed by atoms with Gasteiger partial charge >= 0.3 is 0 Å². The molecule has 4 N–H and O–H groups in total. The van der Waals surface area contributed by atoms with Gasteiger partial charge in [-0.05, 0) is 23.3 Å². The summed E-state index contributed by atoms with van der Waals surface area (Å²) in [5.74, 6) is 0. The quantitative estimate of drug-likeness (QED) is 0.608. The van der Waals surface area contributed by atoms with Crippen molar-refractivity contribution >= 4 is 37.4 Å². The Morgan fingerprint density at radius 3 is 2.69 bits per heavy atom. The van der Waals surface area contributed by atoms with Gasteiger partial charge in [-0.3, -0.25) is 0 Å². The average Bonchev–Trinajstić information content (AvgIpc) is 2.22. The minimum Gasteiger partial charge on any atom is -0.308 e. The highest BCUT2D eigenvalue weighted by atomic mass is 79.9. The number of hydrogen-bond acceptors (Lipinski definition) is 2. The summed E-state index contributed by atoms with van der Waals surface area (Å²) in [6, 6.07) is 7.96. The summed E-state index contributed by atoms with van der Waals surface area (Å²) < 4.78 is 1.02. The zero-order valence-electron chi connectivity index (χ0n) is 8.53. The summed E-state index contributed by atoms with van der Waals surface area (Å²) in [6.45, 7) is 0. The smallest absolute Gasteiger partial charge is 0.107 e. The third-order valence-corrected chi connectivity index (χ3v) is 4.16. The average molecular weight is 344 g/mol. The van der Waals surface area contributed by atoms with Crippen molar-refractivity contribution in [2.45, 2.75) is 10.5 Å². The Kier molecular flexibility index (Phi) is 3.35. The van der Waals surface area contributed by atoms with Crippen LogP contribution in [-0.4, -0.2) is 10.5 Å². The third kappa shape index (κ3) is 2.15. The van der Waals surface area contributed by atoms with Crippen LogP contribution in [0.2, 0.25) is 0 Å². The molecule has 0 amide bonds. The molecule has 0 aliphatic heterocycles. The molecule has 1 aromatic rings. The molecule has 0 saturated heterocycles. The summed E-state index contributed by atoms with van der Waals surface area (Å²) in [5, 5.41) is 0. The van der Waals surface area contributed by atoms with E-state index < -0.39 is 5.66 Å². The molecule has 2 nitrogen and oxygen atoms in total. The number of nitrogens with two attached hydrogens (primary N) is 2. The van der Waals surface area contributed by atoms with Crippen molar-refractivity contribution in [2.75, 3.05) is 0 Å². The Bertz CT molecular complexity index is 464. The van der Waals surface area contributed by atoms with Crippen molar-refractivity contribution in [2.24, 2.45) is 11.5 Å². The van der Waals surface area contributed by atoms with Gasteiger partial charge in [0.25, 0.3) is 0 Å². The normalized spacial score (nSPS) is 23.0. The van der Waals surface area contributed by atoms with Crippen molar-refractivity contribution in [3.8, 4) is 0 Å². The van der Waals surface area contributed by atoms with Gasteiger partial charge in [-0.2, -0.15) is 0 Å². The molecule has 0 bridgehead atoms. The molecule has 0 spiro atoms. The zero-order chi connectivity index (χ0) is 11.8. The molecule has 4 heteroatoms. The lowest BCUT2D eigenvalue weighted by atomic mass is 9.88. The van der Waals surface area contributed by atoms with Gasteiger partial charge in [0, 0.05) is 4.47 Å². The molecule has 1 aliphatic carbocycles. The first-order valence-corrected chi connectivity index (χ1v) is 6.59. The van der Waals surface area contributed by atoms with Gasteiger partial charge in [0.2, 0.25) is 0 Å². The molecular weight excluding hydrogens is 332 g/mol. The fourth-order valence-corrected chi connectivity index (χ4v) is 2.53. The number of alkyl halides is 1. The monoisotopic (exact) mass is 342 g/mol. The highest BCUT2D eigenvalue weighted by molar-refractivity contribution is 9.10. The lowest BCUT2D eigenvalue weighted by Gasteiger charge is -2.33. The van der Waals surface area contributed by atoms with Crippen LogP contribution in [0, 0.1) is 0 Å². The number of benzene rings is 1. The Morgan fingerprint density at radius 2 is 2.00 bits per heavy atom. The van der Waals surface area contributed by atoms with Crippen molar-refractivity contribution < 1.29 is 0 Å². The maximum Gasteiger partial charge on any atom is 0.107 e. The van der Waals surface area contributed by atoms with E-state index in [1.165, 1.54) is 0 Å². The Balaban J connectivity index is 2.48. The zero-order valence-corrected chi connectivity index (χ0v) is 11.7. The van der Waals surface area contributed by atoms with E-state index in [9.17, 15) is 0 Å². The fourth-order valence-electron chi connectivity index (χ4n) is 1.70. The van der Waals surface area contributed by atoms with E-state index >= 15 is 0 Å². The molecule has 0 radical (unpaired) electrons. The second-order valence-electron chi connectivity index (χ2n) is 3.81. The molecular formula is C12H12Br2N2. The molecule has 0 aromatic heterocycles. The van der Waals surface area contributed by atoms with Gasteiger partial charge < -0.3 is 11.5 Å². The van der Waals surface area contributed by atoms with Crippen molar-refractivity contribution in [3.63, 3.8) is 0 Å². The first kappa shape index (κ1) is 12.0. The molecule has 0 saturated carbocycles. The molecule has 2 rings (SSSR count). The number of rotatable bonds is 1. The molecule has 1 aromatic carbocycles. The lowest BCUT2D eigenvalue weighted by molar-refractivity contribution is 0.595. The summed E-state index contributed by atoms with van der Waals surface area (Å²) in [5.41, 5.74) is 13.4. The first-order chi connectivity index (χ1) is 7.51. The molecule has 0 fully saturated rings. The summed E-state index contributed by atoms with van der Waals surface area (Å²) in [6.07, 6.45) is 5.87. The predicted octanol–water partition coefficient (Wildman–Crippen LogP) is 2.78. The maximum absolute atomic E-state index is 6.14. The molecule has 1 unspecified atom stereocenters. The van der Waals surface area contributed by atoms with Crippen LogP contribution in [-0.2, 0) is 0 Å². The van der Waals surface area contributed by atoms with Crippen LogP contribution in [0.5, 0.6) is 0 Å². The largest absolute Gasteiger partial charge is 0.308 e. The van der Waals surface area contributed by atoms with Crippen LogP contribution in [0.4, 0.5) is 0 Å². The van der Waals surface area contributed by atoms with E-state index in [2.05, 4.69) is 31.9 Å². The van der Waals surface area contributed by atoms with Crippen LogP contribution >= 0.6 is 31.9 Å². The van der Waals surface area contributed by atoms with Crippen LogP contribution in [0.25, 0.3) is 5.57 Å². The van der Waals surface area contributed by atoms with Crippen LogP contribution < -0.4 is 11.5 Å². The topological polar surface area (TPSA) is 52.0 Å². The van der Waals surface area contributed by atoms with E-state index in [0.717, 1.165) is 15.6 Å². The predicted molar refractivity (Wildman–Crippen MR) is 75.1 cm³/mol. The molecule has 1 aliphatic rings. The van der Waals surface area contributed by atoms with Gasteiger partial charge in [-0.15, -0.1) is 0 Å². The summed E-state index contributed by atoms with van der Waals surface area (Å²) in [7, 11) is 0. The second kappa shape index (κ2) is 4.45. The van der Waals surface area contributed by atoms with E-state index in [0.29, 0.717) is 0 Å². The summed E-state index contributed by atoms with van der Waals surface area (Å²) in [4.78, 5) is -0.0565. The van der Waals surface area contributed by atoms with Gasteiger partial charge in [-0.25, -0.2) is 0 Å². The Labute approximate surface area is 112 Å². The molecule has 84 valence electrons. The number of allylic oxidation sites excluding steroid dienone is 2. The Hall–Kier alpha value is -0.420. The SMILES string of the molecule is NC1(N)C(c2cccc(Br)c2)=CC=CC1Br. The minimum absolute atomic E-state index is 0.0565. The minimum atomic E-state index is -0.879. The third-order valence-electron chi connectivity index (χ3n) is 2.60. The first-order valence-electron chi connectivity index (χ1n) is 4.88. The van der Waals surface area contributed by atoms with E-state index in [1.807, 2.05) is 42.5 Å². The van der Waals surface area contributed by atoms with Crippen molar-refractivity contribution in [1.82, 2.24) is 0 Å². The molecule has 16 heavy (non-hydrogen) atoms. The van der Waals surface area contributed by atoms with Gasteiger partial charge in [-0.1, -0.05) is 62.2 Å². The van der Waals surface area contributed by atoms with E-state index in [1.54, 1.807) is 0 Å². The molecule has 1 atom stereocenters. The second-order valence-corrected chi connectivity index (χ2v) is 5.71. The standard InChI is InChI=1S/C12H12Br2N2/c13-9-4-1-3-8(7-9)10-5-2-6-11(14)12(10,15)16/h1-7,11H,15-16H2. The Morgan fingerprint density at radius 1 is 1.25 bits per heavy atom. The van der Waals surface area contributed by atoms with Crippen LogP contribution in [0.3, 0.4) is 0 Å². The molecule has 0 heterocycles. The van der Waals surface area contributed by atoms with Gasteiger partial charge in [0.05, 0.1) is 4.83 Å². The van der Waals surface area contributed by atoms with Crippen LogP contribution in [0.15, 0.2) is 47.0 Å². The van der Waals surface area contributed by atoms with E-state index in [-0.39, 0.29) is 4.83 Å². The van der Waals surface area contributed by atoms with Gasteiger partial charge in [0.15, 0.2) is 0 Å². The van der Waals surface area contributed by atoms with E-state index in [4.69, 9.17) is 11.5 Å². The van der Waals surface area contributed by atoms with Crippen molar-refractivity contribution in [3.05, 3.63) is 52.5 Å². The number of hydrogen-bond donors (Lipinski definition) is 2. The van der Waals surface area contributed by atoms with Gasteiger partial charge in [0.1, 0.15) is 5.66 Å². The summed E-state index contributed by atoms with van der Waals surface area (Å²) >= 11 is 6.92. The van der Waals surface area contributed by atoms with Crippen LogP contribution in [0.1, 0.15) is 5.56 Å². The lowest BCUT2D eigenvalue weighted by Crippen LogP contribution is -2.57.